The molecule has 0 radical (unpaired) electrons. The Morgan fingerprint density at radius 2 is 2.33 bits per heavy atom. The molecule has 0 heterocycles. The van der Waals surface area contributed by atoms with Gasteiger partial charge in [0.15, 0.2) is 5.78 Å². The molecule has 2 unspecified atom stereocenters. The molecule has 1 rings (SSSR count). The smallest absolute Gasteiger partial charge is 0.161 e. The van der Waals surface area contributed by atoms with Gasteiger partial charge in [-0.25, -0.2) is 0 Å². The van der Waals surface area contributed by atoms with Crippen molar-refractivity contribution in [2.24, 2.45) is 5.92 Å². The topological polar surface area (TPSA) is 37.3 Å². The van der Waals surface area contributed by atoms with E-state index in [1.807, 2.05) is 0 Å². The van der Waals surface area contributed by atoms with E-state index in [4.69, 9.17) is 0 Å². The Morgan fingerprint density at radius 3 is 2.44 bits per heavy atom. The van der Waals surface area contributed by atoms with E-state index in [1.54, 1.807) is 19.9 Å². The molecule has 0 aromatic heterocycles. The number of hydrogen-bond donors (Lipinski definition) is 1. The second-order valence-electron chi connectivity index (χ2n) is 2.68. The van der Waals surface area contributed by atoms with Gasteiger partial charge in [-0.15, -0.1) is 0 Å². The Morgan fingerprint density at radius 1 is 1.78 bits per heavy atom. The first-order valence-electron chi connectivity index (χ1n) is 2.99. The molecular weight excluding hydrogens is 116 g/mol. The zero-order chi connectivity index (χ0) is 7.07. The molecule has 0 aliphatic heterocycles. The third-order valence-corrected chi connectivity index (χ3v) is 1.89. The van der Waals surface area contributed by atoms with Crippen LogP contribution in [0, 0.1) is 5.92 Å². The van der Waals surface area contributed by atoms with E-state index < -0.39 is 5.60 Å². The summed E-state index contributed by atoms with van der Waals surface area (Å²) in [6.45, 7) is 3.36. The van der Waals surface area contributed by atoms with Gasteiger partial charge >= 0.3 is 0 Å². The first-order valence-corrected chi connectivity index (χ1v) is 2.99. The Hall–Kier alpha value is -0.630. The van der Waals surface area contributed by atoms with E-state index in [0.29, 0.717) is 0 Å². The van der Waals surface area contributed by atoms with E-state index in [-0.39, 0.29) is 11.7 Å². The van der Waals surface area contributed by atoms with Crippen LogP contribution in [0.5, 0.6) is 0 Å². The largest absolute Gasteiger partial charge is 0.385 e. The molecule has 1 aliphatic carbocycles. The number of hydrogen-bond acceptors (Lipinski definition) is 2. The van der Waals surface area contributed by atoms with Crippen LogP contribution in [-0.2, 0) is 4.79 Å². The summed E-state index contributed by atoms with van der Waals surface area (Å²) < 4.78 is 0. The van der Waals surface area contributed by atoms with Gasteiger partial charge in [0, 0.05) is 0 Å². The van der Waals surface area contributed by atoms with Crippen LogP contribution >= 0.6 is 0 Å². The van der Waals surface area contributed by atoms with Crippen LogP contribution in [0.1, 0.15) is 13.8 Å². The molecule has 0 amide bonds. The lowest BCUT2D eigenvalue weighted by Gasteiger charge is -2.18. The Bertz CT molecular complexity index is 168. The summed E-state index contributed by atoms with van der Waals surface area (Å²) in [6.07, 6.45) is 2.98. The Labute approximate surface area is 54.2 Å². The summed E-state index contributed by atoms with van der Waals surface area (Å²) >= 11 is 0. The van der Waals surface area contributed by atoms with Crippen molar-refractivity contribution < 1.29 is 9.90 Å². The van der Waals surface area contributed by atoms with Crippen molar-refractivity contribution in [3.05, 3.63) is 12.2 Å². The number of allylic oxidation sites excluding steroid dienone is 1. The van der Waals surface area contributed by atoms with Crippen LogP contribution in [0.3, 0.4) is 0 Å². The second kappa shape index (κ2) is 1.67. The summed E-state index contributed by atoms with van der Waals surface area (Å²) in [4.78, 5) is 10.7. The molecule has 0 bridgehead atoms. The number of carbonyl (C=O) groups is 1. The van der Waals surface area contributed by atoms with Gasteiger partial charge in [-0.3, -0.25) is 4.79 Å². The van der Waals surface area contributed by atoms with Gasteiger partial charge in [0.25, 0.3) is 0 Å². The molecule has 1 N–H and O–H groups in total. The zero-order valence-corrected chi connectivity index (χ0v) is 5.59. The number of ketones is 1. The van der Waals surface area contributed by atoms with Crippen molar-refractivity contribution in [2.75, 3.05) is 0 Å². The lowest BCUT2D eigenvalue weighted by molar-refractivity contribution is -0.120. The fourth-order valence-electron chi connectivity index (χ4n) is 0.828. The monoisotopic (exact) mass is 126 g/mol. The molecule has 1 aliphatic rings. The van der Waals surface area contributed by atoms with E-state index in [2.05, 4.69) is 0 Å². The third-order valence-electron chi connectivity index (χ3n) is 1.89. The van der Waals surface area contributed by atoms with Crippen LogP contribution in [0.4, 0.5) is 0 Å². The van der Waals surface area contributed by atoms with Crippen molar-refractivity contribution in [3.8, 4) is 0 Å². The molecule has 0 saturated carbocycles. The predicted molar refractivity (Wildman–Crippen MR) is 33.9 cm³/mol. The molecule has 0 aromatic carbocycles. The van der Waals surface area contributed by atoms with E-state index in [1.165, 1.54) is 6.08 Å². The lowest BCUT2D eigenvalue weighted by Crippen LogP contribution is -2.29. The molecule has 0 saturated heterocycles. The van der Waals surface area contributed by atoms with Crippen molar-refractivity contribution in [1.82, 2.24) is 0 Å². The van der Waals surface area contributed by atoms with E-state index >= 15 is 0 Å². The normalized spacial score (nSPS) is 42.1. The fraction of sp³-hybridized carbons (Fsp3) is 0.571. The zero-order valence-electron chi connectivity index (χ0n) is 5.59. The summed E-state index contributed by atoms with van der Waals surface area (Å²) in [7, 11) is 0. The summed E-state index contributed by atoms with van der Waals surface area (Å²) in [5.74, 6) is -0.252. The molecule has 2 heteroatoms. The minimum absolute atomic E-state index is 0.0139. The maximum absolute atomic E-state index is 10.7. The molecule has 2 nitrogen and oxygen atoms in total. The summed E-state index contributed by atoms with van der Waals surface area (Å²) in [5, 5.41) is 9.33. The summed E-state index contributed by atoms with van der Waals surface area (Å²) in [5.41, 5.74) is -0.906. The van der Waals surface area contributed by atoms with Crippen LogP contribution in [0.2, 0.25) is 0 Å². The van der Waals surface area contributed by atoms with Gasteiger partial charge in [0.2, 0.25) is 0 Å². The maximum atomic E-state index is 10.7. The number of rotatable bonds is 0. The molecular formula is C7H10O2. The molecule has 0 fully saturated rings. The van der Waals surface area contributed by atoms with E-state index in [9.17, 15) is 9.90 Å². The highest BCUT2D eigenvalue weighted by atomic mass is 16.3. The Balaban J connectivity index is 2.86. The van der Waals surface area contributed by atoms with Gasteiger partial charge in [-0.05, 0) is 19.1 Å². The first-order chi connectivity index (χ1) is 4.04. The second-order valence-corrected chi connectivity index (χ2v) is 2.68. The van der Waals surface area contributed by atoms with Crippen molar-refractivity contribution in [3.63, 3.8) is 0 Å². The Kier molecular flexibility index (Phi) is 1.21. The lowest BCUT2D eigenvalue weighted by atomic mass is 9.94. The minimum atomic E-state index is -0.906. The quantitative estimate of drug-likeness (QED) is 0.513. The third kappa shape index (κ3) is 0.900. The van der Waals surface area contributed by atoms with Crippen LogP contribution in [-0.4, -0.2) is 16.5 Å². The highest BCUT2D eigenvalue weighted by Gasteiger charge is 2.34. The molecule has 50 valence electrons. The van der Waals surface area contributed by atoms with E-state index in [0.717, 1.165) is 0 Å². The molecule has 2 atom stereocenters. The van der Waals surface area contributed by atoms with Crippen molar-refractivity contribution >= 4 is 5.78 Å². The maximum Gasteiger partial charge on any atom is 0.161 e. The predicted octanol–water partition coefficient (Wildman–Crippen LogP) is 0.512. The fourth-order valence-corrected chi connectivity index (χ4v) is 0.828. The minimum Gasteiger partial charge on any atom is -0.385 e. The number of aliphatic hydroxyl groups is 1. The van der Waals surface area contributed by atoms with Crippen molar-refractivity contribution in [1.29, 1.82) is 0 Å². The first kappa shape index (κ1) is 6.49. The van der Waals surface area contributed by atoms with Crippen LogP contribution in [0.25, 0.3) is 0 Å². The van der Waals surface area contributed by atoms with Crippen LogP contribution < -0.4 is 0 Å². The highest BCUT2D eigenvalue weighted by Crippen LogP contribution is 2.25. The van der Waals surface area contributed by atoms with Gasteiger partial charge in [0.1, 0.15) is 0 Å². The van der Waals surface area contributed by atoms with Gasteiger partial charge in [-0.1, -0.05) is 6.92 Å². The number of carbonyl (C=O) groups excluding carboxylic acids is 1. The average Bonchev–Trinajstić information content (AvgIpc) is 1.97. The molecule has 0 spiro atoms. The SMILES string of the molecule is CC1C(=O)C=CC1(C)O. The highest BCUT2D eigenvalue weighted by molar-refractivity contribution is 5.95. The van der Waals surface area contributed by atoms with Crippen LogP contribution in [0.15, 0.2) is 12.2 Å². The van der Waals surface area contributed by atoms with Gasteiger partial charge in [-0.2, -0.15) is 0 Å². The summed E-state index contributed by atoms with van der Waals surface area (Å²) in [6, 6.07) is 0. The average molecular weight is 126 g/mol. The van der Waals surface area contributed by atoms with Gasteiger partial charge < -0.3 is 5.11 Å². The molecule has 0 aromatic rings. The standard InChI is InChI=1S/C7H10O2/c1-5-6(8)3-4-7(5,2)9/h3-5,9H,1-2H3. The van der Waals surface area contributed by atoms with Crippen molar-refractivity contribution in [2.45, 2.75) is 19.4 Å². The van der Waals surface area contributed by atoms with Gasteiger partial charge in [0.05, 0.1) is 11.5 Å². The molecule has 9 heavy (non-hydrogen) atoms.